The van der Waals surface area contributed by atoms with Crippen LogP contribution in [0.1, 0.15) is 26.4 Å². The predicted octanol–water partition coefficient (Wildman–Crippen LogP) is 3.12. The van der Waals surface area contributed by atoms with Crippen molar-refractivity contribution in [2.75, 3.05) is 0 Å². The molecule has 5 heteroatoms. The van der Waals surface area contributed by atoms with Gasteiger partial charge in [0.15, 0.2) is 0 Å². The van der Waals surface area contributed by atoms with Crippen molar-refractivity contribution in [3.8, 4) is 6.07 Å². The van der Waals surface area contributed by atoms with Gasteiger partial charge in [-0.1, -0.05) is 17.3 Å². The van der Waals surface area contributed by atoms with Crippen LogP contribution in [0.3, 0.4) is 0 Å². The minimum Gasteiger partial charge on any atom is -0.312 e. The van der Waals surface area contributed by atoms with Crippen molar-refractivity contribution in [1.82, 2.24) is 0 Å². The van der Waals surface area contributed by atoms with E-state index in [1.807, 2.05) is 18.4 Å². The Morgan fingerprint density at radius 1 is 1.42 bits per heavy atom. The van der Waals surface area contributed by atoms with Gasteiger partial charge in [-0.05, 0) is 41.6 Å². The second-order valence-corrected chi connectivity index (χ2v) is 4.75. The average Bonchev–Trinajstić information content (AvgIpc) is 2.86. The number of nitrogens with zero attached hydrogens (tertiary/aromatic N) is 2. The van der Waals surface area contributed by atoms with Gasteiger partial charge in [0.1, 0.15) is 4.88 Å². The Morgan fingerprint density at radius 3 is 2.74 bits per heavy atom. The zero-order valence-corrected chi connectivity index (χ0v) is 11.0. The van der Waals surface area contributed by atoms with E-state index < -0.39 is 5.97 Å². The van der Waals surface area contributed by atoms with Crippen molar-refractivity contribution in [3.05, 3.63) is 57.3 Å². The second-order valence-electron chi connectivity index (χ2n) is 3.84. The van der Waals surface area contributed by atoms with Gasteiger partial charge in [0.05, 0.1) is 17.8 Å². The molecule has 0 spiro atoms. The number of carbonyl (C=O) groups excluding carboxylic acids is 1. The number of aryl methyl sites for hydroxylation is 1. The van der Waals surface area contributed by atoms with Gasteiger partial charge in [0.25, 0.3) is 0 Å². The lowest BCUT2D eigenvalue weighted by molar-refractivity contribution is 0.0525. The molecule has 0 saturated carbocycles. The average molecular weight is 270 g/mol. The molecular weight excluding hydrogens is 260 g/mol. The largest absolute Gasteiger partial charge is 0.375 e. The predicted molar refractivity (Wildman–Crippen MR) is 73.2 cm³/mol. The third-order valence-electron chi connectivity index (χ3n) is 2.31. The summed E-state index contributed by atoms with van der Waals surface area (Å²) in [5, 5.41) is 14.2. The number of hydrogen-bond acceptors (Lipinski definition) is 5. The smallest absolute Gasteiger partial charge is 0.312 e. The molecule has 0 radical (unpaired) electrons. The van der Waals surface area contributed by atoms with Gasteiger partial charge in [-0.3, -0.25) is 0 Å². The summed E-state index contributed by atoms with van der Waals surface area (Å²) in [5.74, 6) is -0.469. The highest BCUT2D eigenvalue weighted by atomic mass is 32.1. The van der Waals surface area contributed by atoms with Crippen LogP contribution in [0.2, 0.25) is 0 Å². The van der Waals surface area contributed by atoms with Gasteiger partial charge in [-0.2, -0.15) is 5.26 Å². The first-order valence-electron chi connectivity index (χ1n) is 5.49. The van der Waals surface area contributed by atoms with Crippen LogP contribution in [0.25, 0.3) is 0 Å². The molecule has 0 fully saturated rings. The fourth-order valence-electron chi connectivity index (χ4n) is 1.36. The Morgan fingerprint density at radius 2 is 2.16 bits per heavy atom. The fourth-order valence-corrected chi connectivity index (χ4v) is 2.13. The maximum atomic E-state index is 11.6. The lowest BCUT2D eigenvalue weighted by Crippen LogP contribution is -1.97. The molecule has 2 aromatic rings. The second kappa shape index (κ2) is 5.94. The third-order valence-corrected chi connectivity index (χ3v) is 3.34. The molecule has 0 N–H and O–H groups in total. The minimum absolute atomic E-state index is 0.469. The van der Waals surface area contributed by atoms with Crippen LogP contribution in [0.5, 0.6) is 0 Å². The summed E-state index contributed by atoms with van der Waals surface area (Å²) in [6.45, 7) is 1.91. The molecular formula is C14H10N2O2S. The van der Waals surface area contributed by atoms with Crippen molar-refractivity contribution in [1.29, 1.82) is 5.26 Å². The fraction of sp³-hybridized carbons (Fsp3) is 0.0714. The highest BCUT2D eigenvalue weighted by molar-refractivity contribution is 7.12. The van der Waals surface area contributed by atoms with Crippen LogP contribution in [0.15, 0.2) is 40.9 Å². The minimum atomic E-state index is -0.469. The Bertz CT molecular complexity index is 651. The molecule has 0 saturated heterocycles. The SMILES string of the molecule is Cc1csc(C(=O)O/N=C/c2ccc(C#N)cc2)c1. The topological polar surface area (TPSA) is 62.4 Å². The van der Waals surface area contributed by atoms with E-state index in [0.717, 1.165) is 11.1 Å². The number of nitriles is 1. The van der Waals surface area contributed by atoms with Crippen LogP contribution >= 0.6 is 11.3 Å². The zero-order chi connectivity index (χ0) is 13.7. The number of carbonyl (C=O) groups is 1. The zero-order valence-electron chi connectivity index (χ0n) is 10.2. The summed E-state index contributed by atoms with van der Waals surface area (Å²) >= 11 is 1.32. The summed E-state index contributed by atoms with van der Waals surface area (Å²) in [6.07, 6.45) is 1.43. The lowest BCUT2D eigenvalue weighted by atomic mass is 10.2. The number of thiophene rings is 1. The molecule has 0 bridgehead atoms. The van der Waals surface area contributed by atoms with E-state index in [2.05, 4.69) is 5.16 Å². The molecule has 1 heterocycles. The summed E-state index contributed by atoms with van der Waals surface area (Å²) in [7, 11) is 0. The van der Waals surface area contributed by atoms with E-state index >= 15 is 0 Å². The number of oxime groups is 1. The first kappa shape index (κ1) is 13.0. The van der Waals surface area contributed by atoms with Gasteiger partial charge in [0.2, 0.25) is 0 Å². The van der Waals surface area contributed by atoms with E-state index in [1.165, 1.54) is 17.6 Å². The van der Waals surface area contributed by atoms with Gasteiger partial charge in [-0.15, -0.1) is 11.3 Å². The molecule has 94 valence electrons. The summed E-state index contributed by atoms with van der Waals surface area (Å²) < 4.78 is 0. The van der Waals surface area contributed by atoms with Gasteiger partial charge in [0, 0.05) is 0 Å². The summed E-state index contributed by atoms with van der Waals surface area (Å²) in [5.41, 5.74) is 2.35. The first-order valence-corrected chi connectivity index (χ1v) is 6.37. The van der Waals surface area contributed by atoms with Crippen LogP contribution in [0, 0.1) is 18.3 Å². The number of benzene rings is 1. The van der Waals surface area contributed by atoms with Crippen molar-refractivity contribution in [2.24, 2.45) is 5.16 Å². The molecule has 1 aromatic carbocycles. The molecule has 0 aliphatic rings. The Hall–Kier alpha value is -2.45. The Kier molecular flexibility index (Phi) is 4.06. The molecule has 0 atom stereocenters. The van der Waals surface area contributed by atoms with E-state index in [-0.39, 0.29) is 0 Å². The van der Waals surface area contributed by atoms with Crippen molar-refractivity contribution in [2.45, 2.75) is 6.92 Å². The molecule has 0 aliphatic heterocycles. The highest BCUT2D eigenvalue weighted by Crippen LogP contribution is 2.14. The standard InChI is InChI=1S/C14H10N2O2S/c1-10-6-13(19-9-10)14(17)18-16-8-12-4-2-11(7-15)3-5-12/h2-6,8-9H,1H3/b16-8+. The Balaban J connectivity index is 1.96. The Labute approximate surface area is 114 Å². The molecule has 1 aromatic heterocycles. The maximum absolute atomic E-state index is 11.6. The first-order chi connectivity index (χ1) is 9.19. The molecule has 0 amide bonds. The van der Waals surface area contributed by atoms with E-state index in [0.29, 0.717) is 10.4 Å². The molecule has 0 unspecified atom stereocenters. The molecule has 19 heavy (non-hydrogen) atoms. The van der Waals surface area contributed by atoms with Gasteiger partial charge < -0.3 is 4.84 Å². The van der Waals surface area contributed by atoms with Crippen LogP contribution < -0.4 is 0 Å². The van der Waals surface area contributed by atoms with E-state index in [4.69, 9.17) is 10.1 Å². The van der Waals surface area contributed by atoms with Crippen molar-refractivity contribution in [3.63, 3.8) is 0 Å². The highest BCUT2D eigenvalue weighted by Gasteiger charge is 2.08. The number of hydrogen-bond donors (Lipinski definition) is 0. The molecule has 2 rings (SSSR count). The van der Waals surface area contributed by atoms with Crippen molar-refractivity contribution >= 4 is 23.5 Å². The van der Waals surface area contributed by atoms with Gasteiger partial charge in [-0.25, -0.2) is 4.79 Å². The van der Waals surface area contributed by atoms with E-state index in [9.17, 15) is 4.79 Å². The van der Waals surface area contributed by atoms with E-state index in [1.54, 1.807) is 30.3 Å². The monoisotopic (exact) mass is 270 g/mol. The third kappa shape index (κ3) is 3.50. The number of rotatable bonds is 3. The summed E-state index contributed by atoms with van der Waals surface area (Å²) in [4.78, 5) is 16.9. The quantitative estimate of drug-likeness (QED) is 0.489. The van der Waals surface area contributed by atoms with Gasteiger partial charge >= 0.3 is 5.97 Å². The van der Waals surface area contributed by atoms with Crippen molar-refractivity contribution < 1.29 is 9.63 Å². The molecule has 0 aliphatic carbocycles. The maximum Gasteiger partial charge on any atom is 0.375 e. The van der Waals surface area contributed by atoms with Crippen LogP contribution in [0.4, 0.5) is 0 Å². The molecule has 4 nitrogen and oxygen atoms in total. The summed E-state index contributed by atoms with van der Waals surface area (Å²) in [6, 6.07) is 10.6. The van der Waals surface area contributed by atoms with Crippen LogP contribution in [-0.2, 0) is 4.84 Å². The lowest BCUT2D eigenvalue weighted by Gasteiger charge is -1.94. The van der Waals surface area contributed by atoms with Crippen LogP contribution in [-0.4, -0.2) is 12.2 Å². The normalized spacial score (nSPS) is 10.3.